The van der Waals surface area contributed by atoms with Crippen molar-refractivity contribution >= 4 is 11.8 Å². The molecule has 4 rings (SSSR count). The van der Waals surface area contributed by atoms with E-state index in [-0.39, 0.29) is 23.8 Å². The van der Waals surface area contributed by atoms with Crippen LogP contribution in [0, 0.1) is 26.7 Å². The van der Waals surface area contributed by atoms with E-state index in [0.29, 0.717) is 32.6 Å². The molecule has 1 unspecified atom stereocenters. The lowest BCUT2D eigenvalue weighted by molar-refractivity contribution is -0.137. The van der Waals surface area contributed by atoms with Crippen molar-refractivity contribution in [1.82, 2.24) is 9.80 Å². The van der Waals surface area contributed by atoms with Gasteiger partial charge in [-0.05, 0) is 43.5 Å². The standard InChI is InChI=1S/C26H32N2O3/c1-18-5-8-21(9-6-18)16-28-17-22(15-25(28)29)26(30)27-12-10-23(11-13-27)31-24-14-19(2)4-7-20(24)3/h4-9,14,22-23H,10-13,15-17H2,1-3H3. The number of carbonyl (C=O) groups excluding carboxylic acids is 2. The molecule has 2 saturated heterocycles. The average Bonchev–Trinajstić information content (AvgIpc) is 3.12. The van der Waals surface area contributed by atoms with Crippen LogP contribution in [0.2, 0.25) is 0 Å². The van der Waals surface area contributed by atoms with Crippen LogP contribution in [0.5, 0.6) is 5.75 Å². The molecule has 0 saturated carbocycles. The summed E-state index contributed by atoms with van der Waals surface area (Å²) in [5.74, 6) is 0.907. The summed E-state index contributed by atoms with van der Waals surface area (Å²) in [6.45, 7) is 8.66. The van der Waals surface area contributed by atoms with Gasteiger partial charge in [0.1, 0.15) is 11.9 Å². The highest BCUT2D eigenvalue weighted by Gasteiger charge is 2.37. The second kappa shape index (κ2) is 9.13. The van der Waals surface area contributed by atoms with Crippen LogP contribution in [0.25, 0.3) is 0 Å². The molecule has 0 radical (unpaired) electrons. The van der Waals surface area contributed by atoms with Crippen molar-refractivity contribution < 1.29 is 14.3 Å². The third-order valence-electron chi connectivity index (χ3n) is 6.45. The van der Waals surface area contributed by atoms with Crippen molar-refractivity contribution in [3.63, 3.8) is 0 Å². The Morgan fingerprint density at radius 1 is 1.00 bits per heavy atom. The highest BCUT2D eigenvalue weighted by molar-refractivity contribution is 5.89. The third kappa shape index (κ3) is 5.09. The maximum Gasteiger partial charge on any atom is 0.227 e. The fraction of sp³-hybridized carbons (Fsp3) is 0.462. The molecule has 0 aliphatic carbocycles. The minimum atomic E-state index is -0.227. The van der Waals surface area contributed by atoms with Gasteiger partial charge in [-0.25, -0.2) is 0 Å². The topological polar surface area (TPSA) is 49.9 Å². The summed E-state index contributed by atoms with van der Waals surface area (Å²) in [5.41, 5.74) is 4.64. The second-order valence-electron chi connectivity index (χ2n) is 9.07. The van der Waals surface area contributed by atoms with Gasteiger partial charge < -0.3 is 14.5 Å². The van der Waals surface area contributed by atoms with E-state index in [2.05, 4.69) is 63.2 Å². The number of piperidine rings is 1. The molecule has 5 nitrogen and oxygen atoms in total. The first-order valence-electron chi connectivity index (χ1n) is 11.2. The number of hydrogen-bond donors (Lipinski definition) is 0. The van der Waals surface area contributed by atoms with Crippen molar-refractivity contribution in [2.45, 2.75) is 52.7 Å². The molecule has 31 heavy (non-hydrogen) atoms. The Kier molecular flexibility index (Phi) is 6.30. The van der Waals surface area contributed by atoms with Crippen molar-refractivity contribution in [2.24, 2.45) is 5.92 Å². The van der Waals surface area contributed by atoms with E-state index in [1.54, 1.807) is 0 Å². The minimum Gasteiger partial charge on any atom is -0.490 e. The number of hydrogen-bond acceptors (Lipinski definition) is 3. The fourth-order valence-corrected chi connectivity index (χ4v) is 4.47. The Morgan fingerprint density at radius 2 is 1.68 bits per heavy atom. The van der Waals surface area contributed by atoms with Crippen LogP contribution in [0.1, 0.15) is 41.5 Å². The third-order valence-corrected chi connectivity index (χ3v) is 6.45. The maximum absolute atomic E-state index is 13.1. The summed E-state index contributed by atoms with van der Waals surface area (Å²) >= 11 is 0. The molecule has 164 valence electrons. The number of likely N-dealkylation sites (tertiary alicyclic amines) is 2. The lowest BCUT2D eigenvalue weighted by Crippen LogP contribution is -2.44. The monoisotopic (exact) mass is 420 g/mol. The molecule has 0 aromatic heterocycles. The van der Waals surface area contributed by atoms with Crippen molar-refractivity contribution in [1.29, 1.82) is 0 Å². The number of amides is 2. The molecule has 2 aromatic carbocycles. The summed E-state index contributed by atoms with van der Waals surface area (Å²) in [5, 5.41) is 0. The molecule has 2 amide bonds. The molecule has 2 heterocycles. The minimum absolute atomic E-state index is 0.0760. The van der Waals surface area contributed by atoms with E-state index in [1.807, 2.05) is 9.80 Å². The van der Waals surface area contributed by atoms with Crippen molar-refractivity contribution in [2.75, 3.05) is 19.6 Å². The zero-order valence-electron chi connectivity index (χ0n) is 18.8. The van der Waals surface area contributed by atoms with Crippen LogP contribution < -0.4 is 4.74 Å². The quantitative estimate of drug-likeness (QED) is 0.734. The Balaban J connectivity index is 1.29. The molecular weight excluding hydrogens is 388 g/mol. The summed E-state index contributed by atoms with van der Waals surface area (Å²) in [4.78, 5) is 29.3. The number of aryl methyl sites for hydroxylation is 3. The summed E-state index contributed by atoms with van der Waals surface area (Å²) in [6.07, 6.45) is 2.11. The van der Waals surface area contributed by atoms with Gasteiger partial charge in [0.25, 0.3) is 0 Å². The zero-order chi connectivity index (χ0) is 22.0. The highest BCUT2D eigenvalue weighted by Crippen LogP contribution is 2.27. The predicted molar refractivity (Wildman–Crippen MR) is 121 cm³/mol. The largest absolute Gasteiger partial charge is 0.490 e. The highest BCUT2D eigenvalue weighted by atomic mass is 16.5. The predicted octanol–water partition coefficient (Wildman–Crippen LogP) is 4.03. The first kappa shape index (κ1) is 21.4. The number of ether oxygens (including phenoxy) is 1. The van der Waals surface area contributed by atoms with Crippen molar-refractivity contribution in [3.05, 3.63) is 64.7 Å². The van der Waals surface area contributed by atoms with Gasteiger partial charge in [-0.2, -0.15) is 0 Å². The van der Waals surface area contributed by atoms with E-state index >= 15 is 0 Å². The van der Waals surface area contributed by atoms with Gasteiger partial charge in [0.05, 0.1) is 5.92 Å². The SMILES string of the molecule is Cc1ccc(CN2CC(C(=O)N3CCC(Oc4cc(C)ccc4C)CC3)CC2=O)cc1. The molecule has 0 bridgehead atoms. The van der Waals surface area contributed by atoms with Gasteiger partial charge >= 0.3 is 0 Å². The van der Waals surface area contributed by atoms with Crippen LogP contribution in [0.4, 0.5) is 0 Å². The van der Waals surface area contributed by atoms with Crippen LogP contribution in [-0.4, -0.2) is 47.4 Å². The number of benzene rings is 2. The van der Waals surface area contributed by atoms with E-state index in [4.69, 9.17) is 4.74 Å². The number of rotatable bonds is 5. The molecule has 2 aromatic rings. The Morgan fingerprint density at radius 3 is 2.39 bits per heavy atom. The molecular formula is C26H32N2O3. The number of carbonyl (C=O) groups is 2. The molecule has 0 N–H and O–H groups in total. The normalized spacial score (nSPS) is 19.7. The van der Waals surface area contributed by atoms with Gasteiger partial charge in [-0.3, -0.25) is 9.59 Å². The van der Waals surface area contributed by atoms with E-state index < -0.39 is 0 Å². The van der Waals surface area contributed by atoms with Crippen molar-refractivity contribution in [3.8, 4) is 5.75 Å². The Bertz CT molecular complexity index is 946. The molecule has 2 aliphatic rings. The van der Waals surface area contributed by atoms with Crippen LogP contribution in [-0.2, 0) is 16.1 Å². The first-order valence-corrected chi connectivity index (χ1v) is 11.2. The molecule has 5 heteroatoms. The van der Waals surface area contributed by atoms with Gasteiger partial charge in [-0.1, -0.05) is 42.0 Å². The van der Waals surface area contributed by atoms with E-state index in [9.17, 15) is 9.59 Å². The summed E-state index contributed by atoms with van der Waals surface area (Å²) in [6, 6.07) is 14.5. The molecule has 0 spiro atoms. The van der Waals surface area contributed by atoms with Gasteiger partial charge in [0.15, 0.2) is 0 Å². The molecule has 2 fully saturated rings. The second-order valence-corrected chi connectivity index (χ2v) is 9.07. The van der Waals surface area contributed by atoms with E-state index in [1.165, 1.54) is 11.1 Å². The van der Waals surface area contributed by atoms with Gasteiger partial charge in [0.2, 0.25) is 11.8 Å². The first-order chi connectivity index (χ1) is 14.9. The average molecular weight is 421 g/mol. The van der Waals surface area contributed by atoms with Gasteiger partial charge in [-0.15, -0.1) is 0 Å². The maximum atomic E-state index is 13.1. The molecule has 1 atom stereocenters. The fourth-order valence-electron chi connectivity index (χ4n) is 4.47. The Labute approximate surface area is 185 Å². The Hall–Kier alpha value is -2.82. The van der Waals surface area contributed by atoms with Crippen LogP contribution in [0.3, 0.4) is 0 Å². The zero-order valence-corrected chi connectivity index (χ0v) is 18.8. The number of nitrogens with zero attached hydrogens (tertiary/aromatic N) is 2. The van der Waals surface area contributed by atoms with Crippen LogP contribution >= 0.6 is 0 Å². The lowest BCUT2D eigenvalue weighted by atomic mass is 10.0. The summed E-state index contributed by atoms with van der Waals surface area (Å²) in [7, 11) is 0. The smallest absolute Gasteiger partial charge is 0.227 e. The molecule has 2 aliphatic heterocycles. The van der Waals surface area contributed by atoms with Crippen LogP contribution in [0.15, 0.2) is 42.5 Å². The van der Waals surface area contributed by atoms with E-state index in [0.717, 1.165) is 29.7 Å². The summed E-state index contributed by atoms with van der Waals surface area (Å²) < 4.78 is 6.23. The lowest BCUT2D eigenvalue weighted by Gasteiger charge is -2.34. The van der Waals surface area contributed by atoms with Gasteiger partial charge in [0, 0.05) is 45.4 Å².